The van der Waals surface area contributed by atoms with Gasteiger partial charge in [-0.1, -0.05) is 18.2 Å². The third-order valence-corrected chi connectivity index (χ3v) is 7.59. The van der Waals surface area contributed by atoms with E-state index >= 15 is 0 Å². The maximum Gasteiger partial charge on any atom is 0.416 e. The van der Waals surface area contributed by atoms with E-state index in [-0.39, 0.29) is 16.2 Å². The van der Waals surface area contributed by atoms with Crippen molar-refractivity contribution in [3.05, 3.63) is 83.3 Å². The van der Waals surface area contributed by atoms with Crippen molar-refractivity contribution in [3.8, 4) is 27.4 Å². The van der Waals surface area contributed by atoms with Crippen molar-refractivity contribution in [1.82, 2.24) is 24.1 Å². The fourth-order valence-electron chi connectivity index (χ4n) is 4.40. The number of likely N-dealkylation sites (N-methyl/N-ethyl adjacent to an activating group) is 1. The zero-order chi connectivity index (χ0) is 28.6. The number of hydrogen-bond donors (Lipinski definition) is 1. The van der Waals surface area contributed by atoms with Crippen molar-refractivity contribution >= 4 is 22.9 Å². The molecule has 0 radical (unpaired) electrons. The Morgan fingerprint density at radius 2 is 1.93 bits per heavy atom. The minimum Gasteiger partial charge on any atom is -0.484 e. The number of carbonyl (C=O) groups excluding carboxylic acids is 1. The molecule has 0 aliphatic rings. The zero-order valence-electron chi connectivity index (χ0n) is 22.0. The Hall–Kier alpha value is -4.16. The van der Waals surface area contributed by atoms with Crippen LogP contribution in [0, 0.1) is 0 Å². The van der Waals surface area contributed by atoms with Gasteiger partial charge in [-0.3, -0.25) is 13.9 Å². The van der Waals surface area contributed by atoms with E-state index < -0.39 is 23.8 Å². The van der Waals surface area contributed by atoms with Gasteiger partial charge in [-0.15, -0.1) is 11.3 Å². The summed E-state index contributed by atoms with van der Waals surface area (Å²) in [4.78, 5) is 19.6. The van der Waals surface area contributed by atoms with Gasteiger partial charge < -0.3 is 15.4 Å². The summed E-state index contributed by atoms with van der Waals surface area (Å²) in [6, 6.07) is 10.7. The smallest absolute Gasteiger partial charge is 0.416 e. The number of nitrogens with two attached hydrogens (primary N) is 1. The third-order valence-electron chi connectivity index (χ3n) is 6.44. The second-order valence-corrected chi connectivity index (χ2v) is 10.6. The first-order chi connectivity index (χ1) is 19.0. The van der Waals surface area contributed by atoms with Crippen molar-refractivity contribution in [1.29, 1.82) is 0 Å². The number of amides is 1. The summed E-state index contributed by atoms with van der Waals surface area (Å²) >= 11 is 1.10. The molecule has 4 heterocycles. The molecule has 208 valence electrons. The van der Waals surface area contributed by atoms with E-state index in [1.165, 1.54) is 25.1 Å². The number of carbonyl (C=O) groups is 1. The lowest BCUT2D eigenvalue weighted by Crippen LogP contribution is -2.18. The first kappa shape index (κ1) is 27.4. The van der Waals surface area contributed by atoms with Crippen LogP contribution in [0.25, 0.3) is 27.3 Å². The van der Waals surface area contributed by atoms with Crippen molar-refractivity contribution in [3.63, 3.8) is 0 Å². The molecule has 0 bridgehead atoms. The molecule has 0 saturated heterocycles. The molecule has 5 aromatic rings. The van der Waals surface area contributed by atoms with E-state index in [1.807, 2.05) is 53.9 Å². The maximum absolute atomic E-state index is 13.6. The number of aromatic nitrogens is 4. The molecule has 0 fully saturated rings. The summed E-state index contributed by atoms with van der Waals surface area (Å²) in [5.74, 6) is -0.612. The number of alkyl halides is 3. The van der Waals surface area contributed by atoms with Gasteiger partial charge in [-0.2, -0.15) is 18.3 Å². The van der Waals surface area contributed by atoms with E-state index in [4.69, 9.17) is 10.5 Å². The SMILES string of the molecule is CC(Oc1cc(-c2cnc3cc(-c4cnn(CCN(C)C)c4)ccn23)sc1C(N)=O)c1ccccc1C(F)(F)F. The number of fused-ring (bicyclic) bond motifs is 1. The normalized spacial score (nSPS) is 12.8. The van der Waals surface area contributed by atoms with Crippen LogP contribution in [0.5, 0.6) is 5.75 Å². The van der Waals surface area contributed by atoms with Crippen LogP contribution in [0.15, 0.2) is 67.3 Å². The Labute approximate surface area is 232 Å². The molecule has 8 nitrogen and oxygen atoms in total. The largest absolute Gasteiger partial charge is 0.484 e. The topological polar surface area (TPSA) is 90.7 Å². The number of halogens is 3. The molecule has 4 aromatic heterocycles. The summed E-state index contributed by atoms with van der Waals surface area (Å²) in [5, 5.41) is 4.43. The molecule has 1 aromatic carbocycles. The fraction of sp³-hybridized carbons (Fsp3) is 0.250. The van der Waals surface area contributed by atoms with E-state index in [0.717, 1.165) is 41.6 Å². The summed E-state index contributed by atoms with van der Waals surface area (Å²) in [6.45, 7) is 3.15. The quantitative estimate of drug-likeness (QED) is 0.245. The van der Waals surface area contributed by atoms with Crippen molar-refractivity contribution in [2.45, 2.75) is 25.7 Å². The van der Waals surface area contributed by atoms with E-state index in [9.17, 15) is 18.0 Å². The number of nitrogens with zero attached hydrogens (tertiary/aromatic N) is 5. The molecule has 1 atom stereocenters. The number of imidazole rings is 1. The van der Waals surface area contributed by atoms with Crippen LogP contribution < -0.4 is 10.5 Å². The standard InChI is InChI=1S/C28H27F3N6O2S/c1-17(20-6-4-5-7-21(20)28(29,30)31)39-23-13-24(40-26(23)27(32)38)22-15-33-25-12-18(8-9-37(22)25)19-14-34-36(16-19)11-10-35(2)3/h4-9,12-17H,10-11H2,1-3H3,(H2,32,38). The molecule has 40 heavy (non-hydrogen) atoms. The lowest BCUT2D eigenvalue weighted by Gasteiger charge is -2.19. The molecule has 2 N–H and O–H groups in total. The molecule has 0 spiro atoms. The Morgan fingerprint density at radius 1 is 1.15 bits per heavy atom. The van der Waals surface area contributed by atoms with E-state index in [0.29, 0.717) is 16.2 Å². The van der Waals surface area contributed by atoms with Gasteiger partial charge in [-0.05, 0) is 44.8 Å². The van der Waals surface area contributed by atoms with Gasteiger partial charge in [0.2, 0.25) is 0 Å². The third kappa shape index (κ3) is 5.58. The Bertz CT molecular complexity index is 1670. The average Bonchev–Trinajstić information content (AvgIpc) is 3.64. The Kier molecular flexibility index (Phi) is 7.39. The maximum atomic E-state index is 13.6. The van der Waals surface area contributed by atoms with Gasteiger partial charge in [0.1, 0.15) is 22.4 Å². The van der Waals surface area contributed by atoms with Crippen LogP contribution in [0.2, 0.25) is 0 Å². The highest BCUT2D eigenvalue weighted by Crippen LogP contribution is 2.40. The number of hydrogen-bond acceptors (Lipinski definition) is 6. The molecule has 0 saturated carbocycles. The van der Waals surface area contributed by atoms with Crippen LogP contribution in [-0.2, 0) is 12.7 Å². The minimum atomic E-state index is -4.54. The molecular weight excluding hydrogens is 541 g/mol. The number of thiophene rings is 1. The van der Waals surface area contributed by atoms with E-state index in [2.05, 4.69) is 15.0 Å². The lowest BCUT2D eigenvalue weighted by atomic mass is 10.0. The number of rotatable bonds is 9. The molecule has 12 heteroatoms. The van der Waals surface area contributed by atoms with Gasteiger partial charge in [0.05, 0.1) is 35.1 Å². The highest BCUT2D eigenvalue weighted by molar-refractivity contribution is 7.17. The highest BCUT2D eigenvalue weighted by atomic mass is 32.1. The molecule has 5 rings (SSSR count). The average molecular weight is 569 g/mol. The van der Waals surface area contributed by atoms with Gasteiger partial charge in [0.25, 0.3) is 5.91 Å². The summed E-state index contributed by atoms with van der Waals surface area (Å²) in [6.07, 6.45) is 1.81. The number of benzene rings is 1. The van der Waals surface area contributed by atoms with Crippen LogP contribution in [0.3, 0.4) is 0 Å². The summed E-state index contributed by atoms with van der Waals surface area (Å²) in [7, 11) is 4.02. The van der Waals surface area contributed by atoms with Crippen molar-refractivity contribution in [2.75, 3.05) is 20.6 Å². The van der Waals surface area contributed by atoms with Crippen molar-refractivity contribution in [2.24, 2.45) is 5.73 Å². The van der Waals surface area contributed by atoms with Crippen LogP contribution in [-0.4, -0.2) is 50.6 Å². The minimum absolute atomic E-state index is 0.0365. The zero-order valence-corrected chi connectivity index (χ0v) is 22.8. The fourth-order valence-corrected chi connectivity index (χ4v) is 5.35. The lowest BCUT2D eigenvalue weighted by molar-refractivity contribution is -0.139. The molecule has 0 aliphatic carbocycles. The molecular formula is C28H27F3N6O2S. The second kappa shape index (κ2) is 10.8. The van der Waals surface area contributed by atoms with Crippen LogP contribution >= 0.6 is 11.3 Å². The number of pyridine rings is 1. The van der Waals surface area contributed by atoms with Gasteiger partial charge >= 0.3 is 6.18 Å². The van der Waals surface area contributed by atoms with Gasteiger partial charge in [0, 0.05) is 36.1 Å². The van der Waals surface area contributed by atoms with Crippen LogP contribution in [0.1, 0.15) is 33.8 Å². The summed E-state index contributed by atoms with van der Waals surface area (Å²) < 4.78 is 50.3. The second-order valence-electron chi connectivity index (χ2n) is 9.60. The molecule has 1 unspecified atom stereocenters. The van der Waals surface area contributed by atoms with Gasteiger partial charge in [0.15, 0.2) is 0 Å². The predicted octanol–water partition coefficient (Wildman–Crippen LogP) is 5.75. The Morgan fingerprint density at radius 3 is 2.65 bits per heavy atom. The van der Waals surface area contributed by atoms with Gasteiger partial charge in [-0.25, -0.2) is 4.98 Å². The van der Waals surface area contributed by atoms with E-state index in [1.54, 1.807) is 12.3 Å². The summed E-state index contributed by atoms with van der Waals surface area (Å²) in [5.41, 5.74) is 8.06. The first-order valence-corrected chi connectivity index (χ1v) is 13.2. The molecule has 1 amide bonds. The number of ether oxygens (including phenoxy) is 1. The monoisotopic (exact) mass is 568 g/mol. The predicted molar refractivity (Wildman–Crippen MR) is 147 cm³/mol. The Balaban J connectivity index is 1.43. The van der Waals surface area contributed by atoms with Crippen LogP contribution in [0.4, 0.5) is 13.2 Å². The van der Waals surface area contributed by atoms with Crippen molar-refractivity contribution < 1.29 is 22.7 Å². The molecule has 0 aliphatic heterocycles. The highest BCUT2D eigenvalue weighted by Gasteiger charge is 2.35. The first-order valence-electron chi connectivity index (χ1n) is 12.4. The number of primary amides is 1.